The lowest BCUT2D eigenvalue weighted by atomic mass is 10.2. The first-order chi connectivity index (χ1) is 8.70. The minimum absolute atomic E-state index is 0.161. The Kier molecular flexibility index (Phi) is 4.29. The molecule has 2 aromatic heterocycles. The van der Waals surface area contributed by atoms with Gasteiger partial charge in [-0.25, -0.2) is 10.8 Å². The Bertz CT molecular complexity index is 540. The monoisotopic (exact) mass is 326 g/mol. The highest BCUT2D eigenvalue weighted by Gasteiger charge is 2.07. The van der Waals surface area contributed by atoms with E-state index in [0.29, 0.717) is 17.9 Å². The third-order valence-corrected chi connectivity index (χ3v) is 4.20. The van der Waals surface area contributed by atoms with Crippen LogP contribution in [0.1, 0.15) is 15.2 Å². The van der Waals surface area contributed by atoms with Crippen molar-refractivity contribution in [3.05, 3.63) is 44.7 Å². The quantitative estimate of drug-likeness (QED) is 0.594. The van der Waals surface area contributed by atoms with Gasteiger partial charge in [-0.15, -0.1) is 11.3 Å². The molecular weight excluding hydrogens is 316 g/mol. The Morgan fingerprint density at radius 1 is 1.44 bits per heavy atom. The fraction of sp³-hybridized carbons (Fsp3) is 0.0909. The fourth-order valence-corrected chi connectivity index (χ4v) is 2.76. The lowest BCUT2D eigenvalue weighted by molar-refractivity contribution is 0.0951. The minimum Gasteiger partial charge on any atom is -0.347 e. The second kappa shape index (κ2) is 5.94. The summed E-state index contributed by atoms with van der Waals surface area (Å²) in [6.45, 7) is 0.494. The summed E-state index contributed by atoms with van der Waals surface area (Å²) in [5.41, 5.74) is 2.91. The van der Waals surface area contributed by atoms with Crippen LogP contribution in [0.25, 0.3) is 0 Å². The fourth-order valence-electron chi connectivity index (χ4n) is 1.33. The number of hydrogen-bond donors (Lipinski definition) is 3. The normalized spacial score (nSPS) is 10.1. The maximum absolute atomic E-state index is 11.8. The van der Waals surface area contributed by atoms with Gasteiger partial charge in [0.2, 0.25) is 0 Å². The number of carbonyl (C=O) groups excluding carboxylic acids is 1. The summed E-state index contributed by atoms with van der Waals surface area (Å²) in [5.74, 6) is 5.56. The van der Waals surface area contributed by atoms with E-state index < -0.39 is 0 Å². The van der Waals surface area contributed by atoms with Crippen LogP contribution >= 0.6 is 27.3 Å². The number of rotatable bonds is 4. The maximum Gasteiger partial charge on any atom is 0.253 e. The number of thiophene rings is 1. The van der Waals surface area contributed by atoms with Crippen molar-refractivity contribution < 1.29 is 4.79 Å². The van der Waals surface area contributed by atoms with Crippen LogP contribution in [0.3, 0.4) is 0 Å². The molecule has 5 nitrogen and oxygen atoms in total. The number of halogens is 1. The van der Waals surface area contributed by atoms with Crippen molar-refractivity contribution in [3.8, 4) is 0 Å². The number of nitrogens with one attached hydrogen (secondary N) is 2. The van der Waals surface area contributed by atoms with Crippen LogP contribution in [0.4, 0.5) is 5.82 Å². The molecule has 1 amide bonds. The zero-order valence-electron chi connectivity index (χ0n) is 9.31. The Labute approximate surface area is 117 Å². The molecule has 0 bridgehead atoms. The first-order valence-corrected chi connectivity index (χ1v) is 6.80. The molecule has 7 heteroatoms. The molecule has 4 N–H and O–H groups in total. The average molecular weight is 327 g/mol. The zero-order chi connectivity index (χ0) is 13.0. The zero-order valence-corrected chi connectivity index (χ0v) is 11.7. The molecule has 0 aliphatic carbocycles. The summed E-state index contributed by atoms with van der Waals surface area (Å²) < 4.78 is 1.01. The third kappa shape index (κ3) is 3.06. The summed E-state index contributed by atoms with van der Waals surface area (Å²) in [6.07, 6.45) is 1.48. The molecule has 0 unspecified atom stereocenters. The first-order valence-electron chi connectivity index (χ1n) is 5.13. The molecule has 0 spiro atoms. The van der Waals surface area contributed by atoms with Crippen LogP contribution in [-0.2, 0) is 6.54 Å². The smallest absolute Gasteiger partial charge is 0.253 e. The molecule has 2 aromatic rings. The van der Waals surface area contributed by atoms with E-state index in [-0.39, 0.29) is 5.91 Å². The molecule has 2 heterocycles. The summed E-state index contributed by atoms with van der Waals surface area (Å²) >= 11 is 5.01. The average Bonchev–Trinajstić information content (AvgIpc) is 2.81. The topological polar surface area (TPSA) is 80.0 Å². The van der Waals surface area contributed by atoms with Gasteiger partial charge < -0.3 is 10.7 Å². The number of nitrogen functional groups attached to an aromatic ring is 1. The van der Waals surface area contributed by atoms with Crippen LogP contribution in [0.5, 0.6) is 0 Å². The van der Waals surface area contributed by atoms with E-state index in [1.807, 2.05) is 11.4 Å². The minimum atomic E-state index is -0.161. The van der Waals surface area contributed by atoms with E-state index in [2.05, 4.69) is 31.7 Å². The molecule has 0 saturated carbocycles. The second-order valence-corrected chi connectivity index (χ2v) is 5.31. The van der Waals surface area contributed by atoms with E-state index in [9.17, 15) is 4.79 Å². The number of nitrogens with zero attached hydrogens (tertiary/aromatic N) is 1. The molecule has 0 aromatic carbocycles. The Hall–Kier alpha value is -1.44. The molecule has 18 heavy (non-hydrogen) atoms. The summed E-state index contributed by atoms with van der Waals surface area (Å²) in [5, 5.41) is 4.80. The van der Waals surface area contributed by atoms with Gasteiger partial charge >= 0.3 is 0 Å². The van der Waals surface area contributed by atoms with Gasteiger partial charge in [0.25, 0.3) is 5.91 Å². The first kappa shape index (κ1) is 13.0. The molecular formula is C11H11BrN4OS. The number of hydrogen-bond acceptors (Lipinski definition) is 5. The van der Waals surface area contributed by atoms with Gasteiger partial charge in [0, 0.05) is 15.5 Å². The van der Waals surface area contributed by atoms with Gasteiger partial charge in [0.15, 0.2) is 0 Å². The van der Waals surface area contributed by atoms with Crippen molar-refractivity contribution in [2.75, 3.05) is 5.43 Å². The predicted octanol–water partition coefficient (Wildman–Crippen LogP) is 2.12. The highest BCUT2D eigenvalue weighted by Crippen LogP contribution is 2.22. The van der Waals surface area contributed by atoms with Gasteiger partial charge in [-0.05, 0) is 39.5 Å². The number of aromatic nitrogens is 1. The predicted molar refractivity (Wildman–Crippen MR) is 75.2 cm³/mol. The van der Waals surface area contributed by atoms with Gasteiger partial charge in [0.05, 0.1) is 12.1 Å². The number of amides is 1. The van der Waals surface area contributed by atoms with E-state index in [1.165, 1.54) is 6.20 Å². The van der Waals surface area contributed by atoms with Gasteiger partial charge in [-0.1, -0.05) is 0 Å². The largest absolute Gasteiger partial charge is 0.347 e. The Morgan fingerprint density at radius 3 is 2.83 bits per heavy atom. The van der Waals surface area contributed by atoms with Crippen LogP contribution in [0.15, 0.2) is 34.2 Å². The molecule has 2 rings (SSSR count). The Balaban J connectivity index is 1.97. The molecule has 94 valence electrons. The molecule has 0 fully saturated rings. The van der Waals surface area contributed by atoms with Crippen molar-refractivity contribution in [1.82, 2.24) is 10.3 Å². The second-order valence-electron chi connectivity index (χ2n) is 3.45. The standard InChI is InChI=1S/C11H11BrN4OS/c12-8-3-4-18-9(8)6-15-11(17)7-1-2-10(16-13)14-5-7/h1-5H,6,13H2,(H,14,16)(H,15,17). The van der Waals surface area contributed by atoms with Crippen molar-refractivity contribution >= 4 is 39.0 Å². The molecule has 0 atom stereocenters. The van der Waals surface area contributed by atoms with Gasteiger partial charge in [0.1, 0.15) is 5.82 Å². The van der Waals surface area contributed by atoms with Crippen LogP contribution in [-0.4, -0.2) is 10.9 Å². The Morgan fingerprint density at radius 2 is 2.28 bits per heavy atom. The number of hydrazine groups is 1. The van der Waals surface area contributed by atoms with E-state index >= 15 is 0 Å². The van der Waals surface area contributed by atoms with Gasteiger partial charge in [-0.3, -0.25) is 4.79 Å². The van der Waals surface area contributed by atoms with Crippen molar-refractivity contribution in [2.24, 2.45) is 5.84 Å². The summed E-state index contributed by atoms with van der Waals surface area (Å²) in [6, 6.07) is 5.27. The van der Waals surface area contributed by atoms with Crippen LogP contribution < -0.4 is 16.6 Å². The van der Waals surface area contributed by atoms with Crippen LogP contribution in [0, 0.1) is 0 Å². The highest BCUT2D eigenvalue weighted by atomic mass is 79.9. The highest BCUT2D eigenvalue weighted by molar-refractivity contribution is 9.10. The molecule has 0 aliphatic rings. The number of carbonyl (C=O) groups is 1. The molecule has 0 saturated heterocycles. The van der Waals surface area contributed by atoms with E-state index in [0.717, 1.165) is 9.35 Å². The van der Waals surface area contributed by atoms with E-state index in [4.69, 9.17) is 5.84 Å². The summed E-state index contributed by atoms with van der Waals surface area (Å²) in [7, 11) is 0. The number of anilines is 1. The molecule has 0 aliphatic heterocycles. The molecule has 0 radical (unpaired) electrons. The van der Waals surface area contributed by atoms with Crippen molar-refractivity contribution in [2.45, 2.75) is 6.54 Å². The maximum atomic E-state index is 11.8. The lowest BCUT2D eigenvalue weighted by Gasteiger charge is -2.05. The van der Waals surface area contributed by atoms with E-state index in [1.54, 1.807) is 23.5 Å². The van der Waals surface area contributed by atoms with Crippen LogP contribution in [0.2, 0.25) is 0 Å². The summed E-state index contributed by atoms with van der Waals surface area (Å²) in [4.78, 5) is 16.9. The van der Waals surface area contributed by atoms with Crippen molar-refractivity contribution in [3.63, 3.8) is 0 Å². The van der Waals surface area contributed by atoms with Crippen molar-refractivity contribution in [1.29, 1.82) is 0 Å². The lowest BCUT2D eigenvalue weighted by Crippen LogP contribution is -2.22. The SMILES string of the molecule is NNc1ccc(C(=O)NCc2sccc2Br)cn1. The number of pyridine rings is 1. The number of nitrogens with two attached hydrogens (primary N) is 1. The van der Waals surface area contributed by atoms with Gasteiger partial charge in [-0.2, -0.15) is 0 Å². The third-order valence-electron chi connectivity index (χ3n) is 2.27.